The number of unbranched alkanes of at least 4 members (excludes halogenated alkanes) is 10. The molecular formula is C54H74N4O5S2. The summed E-state index contributed by atoms with van der Waals surface area (Å²) in [7, 11) is 0. The molecule has 11 heteroatoms. The van der Waals surface area contributed by atoms with E-state index in [1.807, 2.05) is 24.8 Å². The van der Waals surface area contributed by atoms with Crippen LogP contribution in [0.5, 0.6) is 0 Å². The molecule has 4 heterocycles. The van der Waals surface area contributed by atoms with Gasteiger partial charge in [0.2, 0.25) is 0 Å². The molecule has 2 spiro atoms. The average molecular weight is 923 g/mol. The van der Waals surface area contributed by atoms with E-state index in [9.17, 15) is 0 Å². The summed E-state index contributed by atoms with van der Waals surface area (Å²) in [5, 5.41) is 1.56. The maximum absolute atomic E-state index is 7.94. The summed E-state index contributed by atoms with van der Waals surface area (Å²) in [6.45, 7) is 5.12. The molecule has 4 aromatic rings. The maximum Gasteiger partial charge on any atom is 0.187 e. The third-order valence-electron chi connectivity index (χ3n) is 14.1. The van der Waals surface area contributed by atoms with Crippen LogP contribution >= 0.6 is 23.5 Å². The van der Waals surface area contributed by atoms with E-state index in [-0.39, 0.29) is 0 Å². The maximum atomic E-state index is 7.94. The lowest BCUT2D eigenvalue weighted by molar-refractivity contribution is -0.264. The zero-order chi connectivity index (χ0) is 44.7. The SMILES string of the molecule is CCCCCCCCSc1ncc([C@@]2(C(OC(c3ccccc3)[C@]3(c4cnc(SCCCCCCCC)nc4)COC4(CCCCC4)O3)c3ccccc3)COC3(CCCCC3)O2)cn1. The van der Waals surface area contributed by atoms with Crippen LogP contribution in [0.2, 0.25) is 0 Å². The molecule has 0 radical (unpaired) electrons. The van der Waals surface area contributed by atoms with Crippen molar-refractivity contribution in [2.24, 2.45) is 0 Å². The molecule has 2 saturated carbocycles. The van der Waals surface area contributed by atoms with E-state index in [1.54, 1.807) is 23.5 Å². The second kappa shape index (κ2) is 23.9. The first kappa shape index (κ1) is 48.6. The molecule has 0 N–H and O–H groups in total. The van der Waals surface area contributed by atoms with Gasteiger partial charge in [0.05, 0.1) is 13.2 Å². The van der Waals surface area contributed by atoms with Gasteiger partial charge in [0, 0.05) is 73.1 Å². The predicted molar refractivity (Wildman–Crippen MR) is 261 cm³/mol. The van der Waals surface area contributed by atoms with Crippen molar-refractivity contribution in [3.63, 3.8) is 0 Å². The number of hydrogen-bond donors (Lipinski definition) is 0. The zero-order valence-corrected chi connectivity index (χ0v) is 40.9. The van der Waals surface area contributed by atoms with E-state index in [4.69, 9.17) is 43.6 Å². The van der Waals surface area contributed by atoms with Crippen LogP contribution < -0.4 is 0 Å². The van der Waals surface area contributed by atoms with Gasteiger partial charge >= 0.3 is 0 Å². The molecule has 2 aromatic carbocycles. The Labute approximate surface area is 398 Å². The molecular weight excluding hydrogens is 849 g/mol. The van der Waals surface area contributed by atoms with Crippen molar-refractivity contribution in [3.8, 4) is 0 Å². The van der Waals surface area contributed by atoms with Crippen LogP contribution in [0.4, 0.5) is 0 Å². The van der Waals surface area contributed by atoms with Gasteiger partial charge in [-0.05, 0) is 49.7 Å². The van der Waals surface area contributed by atoms with Crippen LogP contribution in [0.15, 0.2) is 95.8 Å². The van der Waals surface area contributed by atoms with E-state index in [1.165, 1.54) is 77.0 Å². The van der Waals surface area contributed by atoms with Crippen LogP contribution in [0.25, 0.3) is 0 Å². The Morgan fingerprint density at radius 3 is 1.25 bits per heavy atom. The van der Waals surface area contributed by atoms with Gasteiger partial charge in [-0.2, -0.15) is 0 Å². The van der Waals surface area contributed by atoms with E-state index in [0.29, 0.717) is 13.2 Å². The van der Waals surface area contributed by atoms with Gasteiger partial charge in [0.15, 0.2) is 33.1 Å². The number of aromatic nitrogens is 4. The summed E-state index contributed by atoms with van der Waals surface area (Å²) >= 11 is 3.47. The third-order valence-corrected chi connectivity index (χ3v) is 16.0. The molecule has 2 aliphatic heterocycles. The van der Waals surface area contributed by atoms with E-state index >= 15 is 0 Å². The summed E-state index contributed by atoms with van der Waals surface area (Å²) in [5.41, 5.74) is 1.49. The fraction of sp³-hybridized carbons (Fsp3) is 0.630. The highest BCUT2D eigenvalue weighted by atomic mass is 32.2. The van der Waals surface area contributed by atoms with Crippen molar-refractivity contribution in [3.05, 3.63) is 108 Å². The highest BCUT2D eigenvalue weighted by molar-refractivity contribution is 7.99. The molecule has 0 amide bonds. The standard InChI is InChI=1S/C54H74N4O5S2/c1-3-5-7-9-11-25-35-64-49-55-37-45(38-56-49)53(41-59-51(62-53)31-21-15-22-32-51)47(43-27-17-13-18-28-43)61-48(44-29-19-14-20-30-44)54(42-60-52(63-54)33-23-16-24-34-52)46-39-57-50(58-40-46)65-36-26-12-10-8-6-4-2/h13-14,17-20,27-30,37-40,47-48H,3-12,15-16,21-26,31-36,41-42H2,1-2H3/t47?,48?,53-,54-/m1/s1. The molecule has 4 fully saturated rings. The number of thioether (sulfide) groups is 2. The lowest BCUT2D eigenvalue weighted by Crippen LogP contribution is -2.46. The molecule has 352 valence electrons. The molecule has 4 atom stereocenters. The van der Waals surface area contributed by atoms with Crippen LogP contribution in [0.1, 0.15) is 190 Å². The first-order valence-electron chi connectivity index (χ1n) is 25.4. The minimum Gasteiger partial charge on any atom is -0.359 e. The summed E-state index contributed by atoms with van der Waals surface area (Å²) in [4.78, 5) is 20.0. The number of nitrogens with zero attached hydrogens (tertiary/aromatic N) is 4. The molecule has 65 heavy (non-hydrogen) atoms. The van der Waals surface area contributed by atoms with Crippen LogP contribution in [0.3, 0.4) is 0 Å². The Kier molecular flexibility index (Phi) is 17.9. The Hall–Kier alpha value is -2.90. The Morgan fingerprint density at radius 1 is 0.492 bits per heavy atom. The summed E-state index contributed by atoms with van der Waals surface area (Å²) in [6, 6.07) is 21.0. The topological polar surface area (TPSA) is 97.7 Å². The van der Waals surface area contributed by atoms with E-state index in [0.717, 1.165) is 108 Å². The van der Waals surface area contributed by atoms with Gasteiger partial charge in [-0.1, -0.05) is 175 Å². The lowest BCUT2D eigenvalue weighted by Gasteiger charge is -2.44. The van der Waals surface area contributed by atoms with Crippen LogP contribution in [0, 0.1) is 0 Å². The quantitative estimate of drug-likeness (QED) is 0.0382. The lowest BCUT2D eigenvalue weighted by atomic mass is 9.83. The number of rotatable bonds is 24. The average Bonchev–Trinajstić information content (AvgIpc) is 3.91. The monoisotopic (exact) mass is 923 g/mol. The van der Waals surface area contributed by atoms with Crippen molar-refractivity contribution in [2.75, 3.05) is 24.7 Å². The van der Waals surface area contributed by atoms with Crippen molar-refractivity contribution >= 4 is 23.5 Å². The van der Waals surface area contributed by atoms with Crippen LogP contribution in [-0.2, 0) is 34.9 Å². The van der Waals surface area contributed by atoms with Gasteiger partial charge in [-0.3, -0.25) is 0 Å². The van der Waals surface area contributed by atoms with Gasteiger partial charge < -0.3 is 23.7 Å². The van der Waals surface area contributed by atoms with Gasteiger partial charge in [0.25, 0.3) is 0 Å². The Morgan fingerprint density at radius 2 is 0.862 bits per heavy atom. The van der Waals surface area contributed by atoms with E-state index in [2.05, 4.69) is 74.5 Å². The van der Waals surface area contributed by atoms with E-state index < -0.39 is 35.0 Å². The minimum absolute atomic E-state index is 0.295. The normalized spacial score (nSPS) is 23.5. The largest absolute Gasteiger partial charge is 0.359 e. The molecule has 2 unspecified atom stereocenters. The number of hydrogen-bond acceptors (Lipinski definition) is 11. The van der Waals surface area contributed by atoms with Crippen molar-refractivity contribution in [1.29, 1.82) is 0 Å². The number of ether oxygens (including phenoxy) is 5. The first-order chi connectivity index (χ1) is 32.0. The first-order valence-corrected chi connectivity index (χ1v) is 27.3. The van der Waals surface area contributed by atoms with Crippen molar-refractivity contribution < 1.29 is 23.7 Å². The predicted octanol–water partition coefficient (Wildman–Crippen LogP) is 14.2. The van der Waals surface area contributed by atoms with Gasteiger partial charge in [0.1, 0.15) is 12.2 Å². The molecule has 0 bridgehead atoms. The molecule has 2 saturated heterocycles. The van der Waals surface area contributed by atoms with Crippen LogP contribution in [-0.4, -0.2) is 56.2 Å². The summed E-state index contributed by atoms with van der Waals surface area (Å²) < 4.78 is 37.0. The number of benzene rings is 2. The summed E-state index contributed by atoms with van der Waals surface area (Å²) in [5.74, 6) is 0.551. The second-order valence-electron chi connectivity index (χ2n) is 19.0. The fourth-order valence-electron chi connectivity index (χ4n) is 10.4. The molecule has 2 aromatic heterocycles. The van der Waals surface area contributed by atoms with Gasteiger partial charge in [-0.25, -0.2) is 19.9 Å². The second-order valence-corrected chi connectivity index (χ2v) is 21.1. The summed E-state index contributed by atoms with van der Waals surface area (Å²) in [6.07, 6.45) is 31.6. The Bertz CT molecular complexity index is 1840. The Balaban J connectivity index is 1.16. The molecule has 8 rings (SSSR count). The fourth-order valence-corrected chi connectivity index (χ4v) is 12.0. The minimum atomic E-state index is -1.08. The molecule has 9 nitrogen and oxygen atoms in total. The van der Waals surface area contributed by atoms with Gasteiger partial charge in [-0.15, -0.1) is 0 Å². The van der Waals surface area contributed by atoms with Crippen molar-refractivity contribution in [1.82, 2.24) is 19.9 Å². The molecule has 2 aliphatic carbocycles. The zero-order valence-electron chi connectivity index (χ0n) is 39.3. The smallest absolute Gasteiger partial charge is 0.187 e. The highest BCUT2D eigenvalue weighted by Crippen LogP contribution is 2.58. The highest BCUT2D eigenvalue weighted by Gasteiger charge is 2.61. The molecule has 4 aliphatic rings. The third kappa shape index (κ3) is 12.0. The van der Waals surface area contributed by atoms with Crippen molar-refractivity contribution in [2.45, 2.75) is 200 Å².